The van der Waals surface area contributed by atoms with Crippen molar-refractivity contribution >= 4 is 5.91 Å². The van der Waals surface area contributed by atoms with Gasteiger partial charge in [-0.15, -0.1) is 0 Å². The van der Waals surface area contributed by atoms with Crippen molar-refractivity contribution in [2.45, 2.75) is 39.7 Å². The Balaban J connectivity index is 1.68. The molecule has 134 valence electrons. The Morgan fingerprint density at radius 3 is 2.56 bits per heavy atom. The van der Waals surface area contributed by atoms with Crippen LogP contribution in [0.1, 0.15) is 42.7 Å². The van der Waals surface area contributed by atoms with E-state index in [2.05, 4.69) is 34.3 Å². The van der Waals surface area contributed by atoms with E-state index < -0.39 is 0 Å². The molecule has 1 atom stereocenters. The molecule has 1 aromatic carbocycles. The summed E-state index contributed by atoms with van der Waals surface area (Å²) in [7, 11) is 0. The summed E-state index contributed by atoms with van der Waals surface area (Å²) in [5.74, 6) is 0.443. The summed E-state index contributed by atoms with van der Waals surface area (Å²) in [5.41, 5.74) is 3.31. The number of carbonyl (C=O) groups is 1. The van der Waals surface area contributed by atoms with Gasteiger partial charge in [-0.2, -0.15) is 5.10 Å². The van der Waals surface area contributed by atoms with E-state index in [-0.39, 0.29) is 5.91 Å². The summed E-state index contributed by atoms with van der Waals surface area (Å²) in [6, 6.07) is 10.3. The summed E-state index contributed by atoms with van der Waals surface area (Å²) < 4.78 is 0. The van der Waals surface area contributed by atoms with E-state index in [1.165, 1.54) is 12.8 Å². The maximum absolute atomic E-state index is 12.7. The van der Waals surface area contributed by atoms with E-state index in [1.54, 1.807) is 0 Å². The van der Waals surface area contributed by atoms with Gasteiger partial charge in [0.1, 0.15) is 5.69 Å². The Kier molecular flexibility index (Phi) is 5.53. The number of amides is 1. The van der Waals surface area contributed by atoms with Crippen LogP contribution in [0.3, 0.4) is 0 Å². The van der Waals surface area contributed by atoms with Gasteiger partial charge < -0.3 is 5.32 Å². The van der Waals surface area contributed by atoms with E-state index in [0.717, 1.165) is 29.9 Å². The van der Waals surface area contributed by atoms with Gasteiger partial charge in [-0.25, -0.2) is 0 Å². The van der Waals surface area contributed by atoms with Crippen molar-refractivity contribution in [2.75, 3.05) is 19.6 Å². The molecule has 2 aromatic rings. The van der Waals surface area contributed by atoms with Crippen LogP contribution >= 0.6 is 0 Å². The lowest BCUT2D eigenvalue weighted by atomic mass is 10.0. The van der Waals surface area contributed by atoms with E-state index >= 15 is 0 Å². The van der Waals surface area contributed by atoms with Gasteiger partial charge in [-0.3, -0.25) is 14.8 Å². The Bertz CT molecular complexity index is 702. The lowest BCUT2D eigenvalue weighted by molar-refractivity contribution is 0.0921. The van der Waals surface area contributed by atoms with Gasteiger partial charge >= 0.3 is 0 Å². The second-order valence-corrected chi connectivity index (χ2v) is 7.20. The zero-order valence-corrected chi connectivity index (χ0v) is 15.4. The first-order valence-electron chi connectivity index (χ1n) is 9.20. The fourth-order valence-electron chi connectivity index (χ4n) is 3.64. The third-order valence-electron chi connectivity index (χ3n) is 5.13. The molecule has 1 aliphatic rings. The van der Waals surface area contributed by atoms with Crippen LogP contribution in [-0.4, -0.2) is 46.7 Å². The molecule has 0 radical (unpaired) electrons. The van der Waals surface area contributed by atoms with Crippen molar-refractivity contribution in [3.63, 3.8) is 0 Å². The summed E-state index contributed by atoms with van der Waals surface area (Å²) in [4.78, 5) is 15.2. The van der Waals surface area contributed by atoms with E-state index in [0.29, 0.717) is 24.2 Å². The molecule has 1 saturated heterocycles. The Morgan fingerprint density at radius 2 is 1.92 bits per heavy atom. The lowest BCUT2D eigenvalue weighted by Crippen LogP contribution is -2.45. The van der Waals surface area contributed by atoms with Crippen LogP contribution in [0.5, 0.6) is 0 Å². The van der Waals surface area contributed by atoms with Crippen LogP contribution in [0.25, 0.3) is 11.3 Å². The maximum atomic E-state index is 12.7. The fourth-order valence-corrected chi connectivity index (χ4v) is 3.64. The van der Waals surface area contributed by atoms with E-state index in [9.17, 15) is 4.79 Å². The molecule has 1 aliphatic heterocycles. The van der Waals surface area contributed by atoms with Gasteiger partial charge in [0.05, 0.1) is 5.69 Å². The first-order valence-corrected chi connectivity index (χ1v) is 9.20. The number of hydrogen-bond donors (Lipinski definition) is 2. The van der Waals surface area contributed by atoms with E-state index in [1.807, 2.05) is 37.3 Å². The average Bonchev–Trinajstić information content (AvgIpc) is 3.25. The number of benzene rings is 1. The first kappa shape index (κ1) is 17.7. The standard InChI is InChI=1S/C20H28N4O/c1-14(2)17(24-11-7-8-12-24)13-21-20(25)19-15(3)18(22-23-19)16-9-5-4-6-10-16/h4-6,9-10,14,17H,7-8,11-13H2,1-3H3,(H,21,25)(H,22,23). The van der Waals surface area contributed by atoms with Crippen molar-refractivity contribution in [3.05, 3.63) is 41.6 Å². The number of nitrogens with one attached hydrogen (secondary N) is 2. The molecule has 5 nitrogen and oxygen atoms in total. The molecule has 0 saturated carbocycles. The summed E-state index contributed by atoms with van der Waals surface area (Å²) in [6.45, 7) is 9.35. The summed E-state index contributed by atoms with van der Waals surface area (Å²) in [6.07, 6.45) is 2.52. The largest absolute Gasteiger partial charge is 0.349 e. The minimum absolute atomic E-state index is 0.0722. The summed E-state index contributed by atoms with van der Waals surface area (Å²) in [5, 5.41) is 10.4. The molecule has 3 rings (SSSR count). The number of aromatic nitrogens is 2. The van der Waals surface area contributed by atoms with Gasteiger partial charge in [-0.1, -0.05) is 44.2 Å². The van der Waals surface area contributed by atoms with Gasteiger partial charge in [0.2, 0.25) is 0 Å². The van der Waals surface area contributed by atoms with Crippen LogP contribution in [0.15, 0.2) is 30.3 Å². The van der Waals surface area contributed by atoms with Crippen molar-refractivity contribution in [3.8, 4) is 11.3 Å². The molecule has 5 heteroatoms. The normalized spacial score (nSPS) is 16.3. The molecule has 1 amide bonds. The minimum Gasteiger partial charge on any atom is -0.349 e. The molecule has 25 heavy (non-hydrogen) atoms. The smallest absolute Gasteiger partial charge is 0.269 e. The molecular formula is C20H28N4O. The molecule has 2 N–H and O–H groups in total. The highest BCUT2D eigenvalue weighted by Crippen LogP contribution is 2.23. The molecule has 1 fully saturated rings. The zero-order valence-electron chi connectivity index (χ0n) is 15.4. The van der Waals surface area contributed by atoms with Crippen molar-refractivity contribution < 1.29 is 4.79 Å². The number of nitrogens with zero attached hydrogens (tertiary/aromatic N) is 2. The molecule has 2 heterocycles. The topological polar surface area (TPSA) is 61.0 Å². The highest BCUT2D eigenvalue weighted by Gasteiger charge is 2.25. The quantitative estimate of drug-likeness (QED) is 0.849. The Morgan fingerprint density at radius 1 is 1.24 bits per heavy atom. The first-order chi connectivity index (χ1) is 12.1. The average molecular weight is 340 g/mol. The maximum Gasteiger partial charge on any atom is 0.269 e. The fraction of sp³-hybridized carbons (Fsp3) is 0.500. The minimum atomic E-state index is -0.0722. The van der Waals surface area contributed by atoms with Gasteiger partial charge in [-0.05, 0) is 38.8 Å². The second-order valence-electron chi connectivity index (χ2n) is 7.20. The molecule has 0 spiro atoms. The lowest BCUT2D eigenvalue weighted by Gasteiger charge is -2.30. The highest BCUT2D eigenvalue weighted by molar-refractivity contribution is 5.95. The SMILES string of the molecule is Cc1c(-c2ccccc2)n[nH]c1C(=O)NCC(C(C)C)N1CCCC1. The number of aromatic amines is 1. The monoisotopic (exact) mass is 340 g/mol. The second kappa shape index (κ2) is 7.83. The van der Waals surface area contributed by atoms with Crippen LogP contribution in [0.4, 0.5) is 0 Å². The van der Waals surface area contributed by atoms with Gasteiger partial charge in [0.15, 0.2) is 0 Å². The van der Waals surface area contributed by atoms with Crippen molar-refractivity contribution in [1.29, 1.82) is 0 Å². The van der Waals surface area contributed by atoms with Crippen molar-refractivity contribution in [1.82, 2.24) is 20.4 Å². The molecule has 1 aromatic heterocycles. The Hall–Kier alpha value is -2.14. The molecule has 0 bridgehead atoms. The van der Waals surface area contributed by atoms with E-state index in [4.69, 9.17) is 0 Å². The number of likely N-dealkylation sites (tertiary alicyclic amines) is 1. The highest BCUT2D eigenvalue weighted by atomic mass is 16.1. The van der Waals surface area contributed by atoms with Crippen LogP contribution in [0, 0.1) is 12.8 Å². The number of hydrogen-bond acceptors (Lipinski definition) is 3. The summed E-state index contributed by atoms with van der Waals surface area (Å²) >= 11 is 0. The van der Waals surface area contributed by atoms with Gasteiger partial charge in [0.25, 0.3) is 5.91 Å². The molecular weight excluding hydrogens is 312 g/mol. The predicted molar refractivity (Wildman–Crippen MR) is 101 cm³/mol. The number of H-pyrrole nitrogens is 1. The molecule has 1 unspecified atom stereocenters. The van der Waals surface area contributed by atoms with Crippen LogP contribution < -0.4 is 5.32 Å². The van der Waals surface area contributed by atoms with Crippen molar-refractivity contribution in [2.24, 2.45) is 5.92 Å². The van der Waals surface area contributed by atoms with Gasteiger partial charge in [0, 0.05) is 23.7 Å². The van der Waals surface area contributed by atoms with Crippen LogP contribution in [-0.2, 0) is 0 Å². The molecule has 0 aliphatic carbocycles. The predicted octanol–water partition coefficient (Wildman–Crippen LogP) is 3.24. The third kappa shape index (κ3) is 3.93. The Labute approximate surface area is 149 Å². The zero-order chi connectivity index (χ0) is 17.8. The number of carbonyl (C=O) groups excluding carboxylic acids is 1. The van der Waals surface area contributed by atoms with Crippen LogP contribution in [0.2, 0.25) is 0 Å². The third-order valence-corrected chi connectivity index (χ3v) is 5.13. The number of rotatable bonds is 6.